The fourth-order valence-corrected chi connectivity index (χ4v) is 3.25. The molecule has 3 aromatic carbocycles. The molecule has 0 bridgehead atoms. The Kier molecular flexibility index (Phi) is 4.65. The lowest BCUT2D eigenvalue weighted by molar-refractivity contribution is 0.415. The first-order valence-electron chi connectivity index (χ1n) is 8.45. The quantitative estimate of drug-likeness (QED) is 0.462. The van der Waals surface area contributed by atoms with E-state index in [1.54, 1.807) is 14.2 Å². The van der Waals surface area contributed by atoms with Crippen molar-refractivity contribution in [3.05, 3.63) is 71.8 Å². The van der Waals surface area contributed by atoms with E-state index in [2.05, 4.69) is 0 Å². The van der Waals surface area contributed by atoms with Gasteiger partial charge in [-0.1, -0.05) is 35.9 Å². The van der Waals surface area contributed by atoms with Gasteiger partial charge in [0.1, 0.15) is 22.9 Å². The monoisotopic (exact) mass is 376 g/mol. The van der Waals surface area contributed by atoms with Gasteiger partial charge in [-0.2, -0.15) is 0 Å². The molecule has 0 aliphatic carbocycles. The summed E-state index contributed by atoms with van der Waals surface area (Å²) in [6.45, 7) is 0. The summed E-state index contributed by atoms with van der Waals surface area (Å²) in [5.74, 6) is 1.46. The summed E-state index contributed by atoms with van der Waals surface area (Å²) in [5.41, 5.74) is 4.65. The molecule has 0 saturated carbocycles. The molecule has 4 aromatic rings. The molecule has 0 unspecified atom stereocenters. The Bertz CT molecular complexity index is 1130. The third kappa shape index (κ3) is 3.20. The van der Waals surface area contributed by atoms with E-state index in [9.17, 15) is 0 Å². The third-order valence-electron chi connectivity index (χ3n) is 4.35. The fraction of sp³-hybridized carbons (Fsp3) is 0.0909. The predicted molar refractivity (Wildman–Crippen MR) is 109 cm³/mol. The maximum atomic E-state index is 6.17. The summed E-state index contributed by atoms with van der Waals surface area (Å²) in [6.07, 6.45) is 0. The SMILES string of the molecule is COc1ccccc1-c1nc2ccc(Cl)cc2nc1-c1ccccc1OC. The van der Waals surface area contributed by atoms with E-state index in [-0.39, 0.29) is 0 Å². The van der Waals surface area contributed by atoms with Gasteiger partial charge in [0, 0.05) is 16.1 Å². The first kappa shape index (κ1) is 17.3. The van der Waals surface area contributed by atoms with E-state index in [0.717, 1.165) is 39.4 Å². The molecule has 0 saturated heterocycles. The standard InChI is InChI=1S/C22H17ClN2O2/c1-26-19-9-5-3-7-15(19)21-22(16-8-4-6-10-20(16)27-2)25-18-13-14(23)11-12-17(18)24-21/h3-13H,1-2H3. The van der Waals surface area contributed by atoms with Gasteiger partial charge in [0.05, 0.1) is 25.3 Å². The molecule has 134 valence electrons. The van der Waals surface area contributed by atoms with Crippen LogP contribution in [0.2, 0.25) is 5.02 Å². The Morgan fingerprint density at radius 3 is 1.74 bits per heavy atom. The van der Waals surface area contributed by atoms with E-state index in [0.29, 0.717) is 10.7 Å². The molecule has 0 spiro atoms. The van der Waals surface area contributed by atoms with Crippen molar-refractivity contribution in [1.29, 1.82) is 0 Å². The molecule has 27 heavy (non-hydrogen) atoms. The Labute approximate surface area is 162 Å². The van der Waals surface area contributed by atoms with Crippen LogP contribution in [0.15, 0.2) is 66.7 Å². The number of para-hydroxylation sites is 2. The van der Waals surface area contributed by atoms with Gasteiger partial charge in [0.2, 0.25) is 0 Å². The molecule has 1 heterocycles. The van der Waals surface area contributed by atoms with Crippen LogP contribution in [-0.2, 0) is 0 Å². The molecule has 4 rings (SSSR count). The topological polar surface area (TPSA) is 44.2 Å². The number of ether oxygens (including phenoxy) is 2. The van der Waals surface area contributed by atoms with Gasteiger partial charge in [-0.25, -0.2) is 9.97 Å². The number of aromatic nitrogens is 2. The summed E-state index contributed by atoms with van der Waals surface area (Å²) in [6, 6.07) is 21.0. The number of hydrogen-bond donors (Lipinski definition) is 0. The van der Waals surface area contributed by atoms with Crippen LogP contribution in [0.1, 0.15) is 0 Å². The average Bonchev–Trinajstić information content (AvgIpc) is 2.72. The maximum Gasteiger partial charge on any atom is 0.128 e. The maximum absolute atomic E-state index is 6.17. The Morgan fingerprint density at radius 1 is 0.667 bits per heavy atom. The van der Waals surface area contributed by atoms with Crippen LogP contribution in [0.4, 0.5) is 0 Å². The minimum Gasteiger partial charge on any atom is -0.496 e. The van der Waals surface area contributed by atoms with Crippen molar-refractivity contribution >= 4 is 22.6 Å². The zero-order valence-electron chi connectivity index (χ0n) is 14.9. The number of rotatable bonds is 4. The van der Waals surface area contributed by atoms with Gasteiger partial charge in [-0.3, -0.25) is 0 Å². The van der Waals surface area contributed by atoms with Gasteiger partial charge >= 0.3 is 0 Å². The molecular weight excluding hydrogens is 360 g/mol. The summed E-state index contributed by atoms with van der Waals surface area (Å²) in [7, 11) is 3.29. The van der Waals surface area contributed by atoms with Crippen LogP contribution < -0.4 is 9.47 Å². The molecule has 0 atom stereocenters. The molecule has 5 heteroatoms. The van der Waals surface area contributed by atoms with Crippen LogP contribution in [0, 0.1) is 0 Å². The zero-order valence-corrected chi connectivity index (χ0v) is 15.7. The second-order valence-electron chi connectivity index (χ2n) is 5.95. The van der Waals surface area contributed by atoms with E-state index < -0.39 is 0 Å². The van der Waals surface area contributed by atoms with Gasteiger partial charge in [0.25, 0.3) is 0 Å². The Hall–Kier alpha value is -3.11. The molecule has 0 amide bonds. The van der Waals surface area contributed by atoms with Crippen LogP contribution >= 0.6 is 11.6 Å². The van der Waals surface area contributed by atoms with E-state index in [1.165, 1.54) is 0 Å². The molecule has 1 aromatic heterocycles. The number of benzene rings is 3. The highest BCUT2D eigenvalue weighted by Crippen LogP contribution is 2.39. The van der Waals surface area contributed by atoms with E-state index in [4.69, 9.17) is 31.0 Å². The van der Waals surface area contributed by atoms with Gasteiger partial charge in [-0.15, -0.1) is 0 Å². The lowest BCUT2D eigenvalue weighted by atomic mass is 10.0. The first-order valence-corrected chi connectivity index (χ1v) is 8.83. The molecule has 0 aliphatic rings. The second kappa shape index (κ2) is 7.25. The predicted octanol–water partition coefficient (Wildman–Crippen LogP) is 5.63. The molecule has 0 radical (unpaired) electrons. The second-order valence-corrected chi connectivity index (χ2v) is 6.39. The highest BCUT2D eigenvalue weighted by atomic mass is 35.5. The average molecular weight is 377 g/mol. The summed E-state index contributed by atoms with van der Waals surface area (Å²) in [4.78, 5) is 9.77. The van der Waals surface area contributed by atoms with Crippen molar-refractivity contribution in [3.63, 3.8) is 0 Å². The fourth-order valence-electron chi connectivity index (χ4n) is 3.08. The summed E-state index contributed by atoms with van der Waals surface area (Å²) < 4.78 is 11.1. The number of nitrogens with zero attached hydrogens (tertiary/aromatic N) is 2. The van der Waals surface area contributed by atoms with Gasteiger partial charge in [-0.05, 0) is 42.5 Å². The smallest absolute Gasteiger partial charge is 0.128 e. The lowest BCUT2D eigenvalue weighted by Crippen LogP contribution is -1.99. The summed E-state index contributed by atoms with van der Waals surface area (Å²) in [5, 5.41) is 0.618. The number of methoxy groups -OCH3 is 2. The number of halogens is 1. The number of fused-ring (bicyclic) bond motifs is 1. The molecule has 0 aliphatic heterocycles. The van der Waals surface area contributed by atoms with Gasteiger partial charge in [0.15, 0.2) is 0 Å². The van der Waals surface area contributed by atoms with E-state index in [1.807, 2.05) is 66.7 Å². The largest absolute Gasteiger partial charge is 0.496 e. The summed E-state index contributed by atoms with van der Waals surface area (Å²) >= 11 is 6.17. The van der Waals surface area contributed by atoms with Gasteiger partial charge < -0.3 is 9.47 Å². The first-order chi connectivity index (χ1) is 13.2. The molecular formula is C22H17ClN2O2. The third-order valence-corrected chi connectivity index (χ3v) is 4.59. The van der Waals surface area contributed by atoms with Crippen LogP contribution in [0.3, 0.4) is 0 Å². The van der Waals surface area contributed by atoms with Crippen molar-refractivity contribution in [3.8, 4) is 34.0 Å². The molecule has 4 nitrogen and oxygen atoms in total. The van der Waals surface area contributed by atoms with Crippen LogP contribution in [0.5, 0.6) is 11.5 Å². The number of hydrogen-bond acceptors (Lipinski definition) is 4. The minimum atomic E-state index is 0.618. The highest BCUT2D eigenvalue weighted by molar-refractivity contribution is 6.31. The van der Waals surface area contributed by atoms with Crippen molar-refractivity contribution < 1.29 is 9.47 Å². The molecule has 0 N–H and O–H groups in total. The highest BCUT2D eigenvalue weighted by Gasteiger charge is 2.19. The van der Waals surface area contributed by atoms with Crippen molar-refractivity contribution in [2.75, 3.05) is 14.2 Å². The normalized spacial score (nSPS) is 10.8. The van der Waals surface area contributed by atoms with Crippen LogP contribution in [-0.4, -0.2) is 24.2 Å². The Balaban J connectivity index is 2.08. The van der Waals surface area contributed by atoms with Crippen molar-refractivity contribution in [2.24, 2.45) is 0 Å². The molecule has 0 fully saturated rings. The minimum absolute atomic E-state index is 0.618. The Morgan fingerprint density at radius 2 is 1.19 bits per heavy atom. The van der Waals surface area contributed by atoms with Crippen LogP contribution in [0.25, 0.3) is 33.5 Å². The zero-order chi connectivity index (χ0) is 18.8. The van der Waals surface area contributed by atoms with E-state index >= 15 is 0 Å². The van der Waals surface area contributed by atoms with Crippen molar-refractivity contribution in [1.82, 2.24) is 9.97 Å². The van der Waals surface area contributed by atoms with Crippen molar-refractivity contribution in [2.45, 2.75) is 0 Å². The lowest BCUT2D eigenvalue weighted by Gasteiger charge is -2.15.